The Kier molecular flexibility index (Phi) is 10.0. The third-order valence-corrected chi connectivity index (χ3v) is 8.59. The molecular formula is C30H32N4O6S2. The van der Waals surface area contributed by atoms with Gasteiger partial charge in [-0.2, -0.15) is 0 Å². The second kappa shape index (κ2) is 13.7. The summed E-state index contributed by atoms with van der Waals surface area (Å²) in [5.74, 6) is -0.681. The first-order chi connectivity index (χ1) is 20.1. The first-order valence-electron chi connectivity index (χ1n) is 13.2. The molecule has 0 saturated heterocycles. The topological polar surface area (TPSA) is 151 Å². The van der Waals surface area contributed by atoms with Gasteiger partial charge in [-0.15, -0.1) is 11.8 Å². The number of amides is 2. The number of thioether (sulfide) groups is 1. The Morgan fingerprint density at radius 3 is 2.29 bits per heavy atom. The number of carbonyl (C=O) groups is 2. The number of carboxylic acid groups (broad SMARTS) is 1. The van der Waals surface area contributed by atoms with Crippen LogP contribution in [0.3, 0.4) is 0 Å². The maximum absolute atomic E-state index is 13.2. The van der Waals surface area contributed by atoms with Crippen LogP contribution in [0.4, 0.5) is 4.79 Å². The number of aliphatic hydroxyl groups is 1. The molecule has 0 saturated carbocycles. The van der Waals surface area contributed by atoms with Gasteiger partial charge in [0.25, 0.3) is 10.0 Å². The van der Waals surface area contributed by atoms with Crippen molar-refractivity contribution in [1.29, 1.82) is 0 Å². The molecule has 4 N–H and O–H groups in total. The normalized spacial score (nSPS) is 12.1. The van der Waals surface area contributed by atoms with Crippen molar-refractivity contribution in [3.05, 3.63) is 102 Å². The van der Waals surface area contributed by atoms with E-state index in [-0.39, 0.29) is 23.7 Å². The van der Waals surface area contributed by atoms with Crippen molar-refractivity contribution in [3.63, 3.8) is 0 Å². The number of rotatable bonds is 12. The largest absolute Gasteiger partial charge is 0.479 e. The third kappa shape index (κ3) is 7.19. The number of aliphatic hydroxyl groups excluding tert-OH is 1. The zero-order valence-electron chi connectivity index (χ0n) is 23.1. The molecule has 0 aliphatic rings. The van der Waals surface area contributed by atoms with Crippen LogP contribution >= 0.6 is 11.8 Å². The minimum absolute atomic E-state index is 0.0519. The van der Waals surface area contributed by atoms with E-state index in [9.17, 15) is 28.2 Å². The van der Waals surface area contributed by atoms with Crippen LogP contribution in [0.5, 0.6) is 0 Å². The lowest BCUT2D eigenvalue weighted by Crippen LogP contribution is -2.39. The minimum atomic E-state index is -4.20. The number of hydrogen-bond donors (Lipinski definition) is 4. The Bertz CT molecular complexity index is 1660. The molecule has 4 aromatic rings. The molecule has 0 spiro atoms. The number of sulfonamides is 1. The molecule has 1 aromatic heterocycles. The number of imidazole rings is 1. The molecule has 12 heteroatoms. The van der Waals surface area contributed by atoms with Crippen molar-refractivity contribution >= 4 is 33.8 Å². The molecule has 4 rings (SSSR count). The monoisotopic (exact) mass is 608 g/mol. The summed E-state index contributed by atoms with van der Waals surface area (Å²) in [6, 6.07) is 21.8. The van der Waals surface area contributed by atoms with Gasteiger partial charge in [-0.1, -0.05) is 79.7 Å². The second-order valence-corrected chi connectivity index (χ2v) is 11.9. The number of benzene rings is 3. The molecule has 0 bridgehead atoms. The van der Waals surface area contributed by atoms with Gasteiger partial charge < -0.3 is 20.1 Å². The maximum atomic E-state index is 13.2. The molecule has 1 heterocycles. The second-order valence-electron chi connectivity index (χ2n) is 9.47. The number of urea groups is 1. The summed E-state index contributed by atoms with van der Waals surface area (Å²) < 4.78 is 30.2. The lowest BCUT2D eigenvalue weighted by Gasteiger charge is -2.16. The molecule has 1 unspecified atom stereocenters. The van der Waals surface area contributed by atoms with Crippen LogP contribution in [0.1, 0.15) is 42.1 Å². The van der Waals surface area contributed by atoms with Crippen LogP contribution in [-0.4, -0.2) is 46.4 Å². The van der Waals surface area contributed by atoms with E-state index in [4.69, 9.17) is 0 Å². The van der Waals surface area contributed by atoms with Gasteiger partial charge in [0, 0.05) is 25.1 Å². The average molecular weight is 609 g/mol. The Hall–Kier alpha value is -4.13. The predicted molar refractivity (Wildman–Crippen MR) is 161 cm³/mol. The van der Waals surface area contributed by atoms with Crippen molar-refractivity contribution in [1.82, 2.24) is 19.6 Å². The smallest absolute Gasteiger partial charge is 0.338 e. The highest BCUT2D eigenvalue weighted by Crippen LogP contribution is 2.30. The van der Waals surface area contributed by atoms with E-state index < -0.39 is 28.1 Å². The predicted octanol–water partition coefficient (Wildman–Crippen LogP) is 4.58. The van der Waals surface area contributed by atoms with Crippen molar-refractivity contribution in [3.8, 4) is 11.1 Å². The maximum Gasteiger partial charge on any atom is 0.338 e. The first-order valence-corrected chi connectivity index (χ1v) is 15.9. The highest BCUT2D eigenvalue weighted by Gasteiger charge is 2.28. The van der Waals surface area contributed by atoms with E-state index in [0.29, 0.717) is 28.4 Å². The van der Waals surface area contributed by atoms with Gasteiger partial charge in [-0.25, -0.2) is 27.7 Å². The fraction of sp³-hybridized carbons (Fsp3) is 0.233. The van der Waals surface area contributed by atoms with E-state index in [1.54, 1.807) is 41.2 Å². The van der Waals surface area contributed by atoms with Gasteiger partial charge in [0.05, 0.1) is 10.6 Å². The van der Waals surface area contributed by atoms with E-state index in [2.05, 4.69) is 15.0 Å². The Balaban J connectivity index is 1.57. The Labute approximate surface area is 248 Å². The van der Waals surface area contributed by atoms with Gasteiger partial charge in [-0.05, 0) is 35.4 Å². The molecule has 1 atom stereocenters. The highest BCUT2D eigenvalue weighted by molar-refractivity contribution is 7.98. The van der Waals surface area contributed by atoms with Gasteiger partial charge in [0.2, 0.25) is 0 Å². The van der Waals surface area contributed by atoms with Crippen molar-refractivity contribution in [2.45, 2.75) is 48.9 Å². The van der Waals surface area contributed by atoms with Crippen LogP contribution in [0, 0.1) is 0 Å². The summed E-state index contributed by atoms with van der Waals surface area (Å²) in [6.07, 6.45) is 1.45. The fourth-order valence-corrected chi connectivity index (χ4v) is 6.30. The van der Waals surface area contributed by atoms with Crippen LogP contribution in [-0.2, 0) is 34.3 Å². The third-order valence-electron chi connectivity index (χ3n) is 6.52. The average Bonchev–Trinajstić information content (AvgIpc) is 3.33. The van der Waals surface area contributed by atoms with Crippen molar-refractivity contribution < 1.29 is 28.2 Å². The Morgan fingerprint density at radius 2 is 1.64 bits per heavy atom. The van der Waals surface area contributed by atoms with Gasteiger partial charge in [0.1, 0.15) is 10.9 Å². The molecule has 0 radical (unpaired) electrons. The number of aryl methyl sites for hydroxylation is 1. The lowest BCUT2D eigenvalue weighted by atomic mass is 10.0. The van der Waals surface area contributed by atoms with Gasteiger partial charge in [-0.3, -0.25) is 0 Å². The molecule has 0 fully saturated rings. The zero-order valence-corrected chi connectivity index (χ0v) is 24.8. The molecule has 0 aliphatic carbocycles. The number of hydrogen-bond acceptors (Lipinski definition) is 7. The number of nitrogens with one attached hydrogen (secondary N) is 2. The standard InChI is InChI=1S/C30H32N4O6S2/c1-3-9-25-32-28(41-2)26(27(35)29(36)37)34(25)19-21-14-16-22(17-15-21)23-12-7-8-13-24(23)42(39,40)33-30(38)31-18-20-10-5-4-6-11-20/h4-8,10-17,27,35H,3,9,18-19H2,1-2H3,(H,36,37)(H2,31,33,38). The number of aliphatic carboxylic acids is 1. The van der Waals surface area contributed by atoms with E-state index >= 15 is 0 Å². The molecule has 10 nitrogen and oxygen atoms in total. The van der Waals surface area contributed by atoms with Crippen LogP contribution in [0.15, 0.2) is 88.8 Å². The molecular weight excluding hydrogens is 576 g/mol. The summed E-state index contributed by atoms with van der Waals surface area (Å²) >= 11 is 1.28. The molecule has 3 aromatic carbocycles. The van der Waals surface area contributed by atoms with E-state index in [0.717, 1.165) is 17.5 Å². The Morgan fingerprint density at radius 1 is 0.976 bits per heavy atom. The number of aromatic nitrogens is 2. The number of carbonyl (C=O) groups excluding carboxylic acids is 1. The lowest BCUT2D eigenvalue weighted by molar-refractivity contribution is -0.147. The summed E-state index contributed by atoms with van der Waals surface area (Å²) in [5, 5.41) is 23.0. The van der Waals surface area contributed by atoms with Crippen LogP contribution < -0.4 is 10.0 Å². The van der Waals surface area contributed by atoms with E-state index in [1.807, 2.05) is 49.4 Å². The molecule has 42 heavy (non-hydrogen) atoms. The zero-order chi connectivity index (χ0) is 30.3. The first kappa shape index (κ1) is 30.8. The highest BCUT2D eigenvalue weighted by atomic mass is 32.2. The summed E-state index contributed by atoms with van der Waals surface area (Å²) in [6.45, 7) is 2.44. The van der Waals surface area contributed by atoms with Gasteiger partial charge >= 0.3 is 12.0 Å². The molecule has 0 aliphatic heterocycles. The SMILES string of the molecule is CCCc1nc(SC)c(C(O)C(=O)O)n1Cc1ccc(-c2ccccc2S(=O)(=O)NC(=O)NCc2ccccc2)cc1. The summed E-state index contributed by atoms with van der Waals surface area (Å²) in [4.78, 5) is 28.6. The van der Waals surface area contributed by atoms with Crippen LogP contribution in [0.2, 0.25) is 0 Å². The van der Waals surface area contributed by atoms with Crippen molar-refractivity contribution in [2.24, 2.45) is 0 Å². The summed E-state index contributed by atoms with van der Waals surface area (Å²) in [7, 11) is -4.20. The summed E-state index contributed by atoms with van der Waals surface area (Å²) in [5.41, 5.74) is 2.89. The number of carboxylic acids is 1. The van der Waals surface area contributed by atoms with Gasteiger partial charge in [0.15, 0.2) is 6.10 Å². The van der Waals surface area contributed by atoms with Crippen LogP contribution in [0.25, 0.3) is 11.1 Å². The fourth-order valence-electron chi connectivity index (χ4n) is 4.52. The minimum Gasteiger partial charge on any atom is -0.479 e. The molecule has 220 valence electrons. The number of nitrogens with zero attached hydrogens (tertiary/aromatic N) is 2. The quantitative estimate of drug-likeness (QED) is 0.171. The van der Waals surface area contributed by atoms with E-state index in [1.165, 1.54) is 17.8 Å². The molecule has 2 amide bonds. The van der Waals surface area contributed by atoms with Crippen molar-refractivity contribution in [2.75, 3.05) is 6.26 Å².